The van der Waals surface area contributed by atoms with Crippen LogP contribution in [0.2, 0.25) is 0 Å². The Morgan fingerprint density at radius 3 is 2.38 bits per heavy atom. The van der Waals surface area contributed by atoms with Crippen molar-refractivity contribution in [1.29, 1.82) is 0 Å². The first-order chi connectivity index (χ1) is 13.5. The number of fused-ring (bicyclic) bond motifs is 1. The number of rotatable bonds is 5. The molecule has 2 aliphatic heterocycles. The van der Waals surface area contributed by atoms with Crippen LogP contribution in [0.1, 0.15) is 53.9 Å². The maximum Gasteiger partial charge on any atom is 0.328 e. The van der Waals surface area contributed by atoms with E-state index in [1.807, 2.05) is 20.8 Å². The maximum atomic E-state index is 13.5. The Hall–Kier alpha value is -1.63. The predicted octanol–water partition coefficient (Wildman–Crippen LogP) is 1.99. The zero-order valence-electron chi connectivity index (χ0n) is 18.6. The van der Waals surface area contributed by atoms with Gasteiger partial charge in [0.05, 0.1) is 7.11 Å². The quantitative estimate of drug-likeness (QED) is 0.703. The molecule has 7 nitrogen and oxygen atoms in total. The van der Waals surface area contributed by atoms with Crippen LogP contribution in [0.3, 0.4) is 0 Å². The Bertz CT molecular complexity index is 663. The van der Waals surface area contributed by atoms with Crippen molar-refractivity contribution in [3.8, 4) is 0 Å². The first-order valence-electron chi connectivity index (χ1n) is 10.7. The number of esters is 1. The van der Waals surface area contributed by atoms with E-state index in [9.17, 15) is 14.4 Å². The lowest BCUT2D eigenvalue weighted by atomic mass is 9.84. The lowest BCUT2D eigenvalue weighted by Crippen LogP contribution is -2.58. The summed E-state index contributed by atoms with van der Waals surface area (Å²) in [5, 5.41) is 2.99. The molecular formula is C22H36N2O5. The molecule has 164 valence electrons. The minimum atomic E-state index is -0.678. The fourth-order valence-corrected chi connectivity index (χ4v) is 5.15. The van der Waals surface area contributed by atoms with Gasteiger partial charge in [-0.05, 0) is 35.5 Å². The molecule has 3 aliphatic rings. The molecule has 0 spiro atoms. The first kappa shape index (κ1) is 22.1. The summed E-state index contributed by atoms with van der Waals surface area (Å²) >= 11 is 0. The third-order valence-corrected chi connectivity index (χ3v) is 7.17. The number of hydrogen-bond acceptors (Lipinski definition) is 5. The number of nitrogens with one attached hydrogen (secondary N) is 1. The molecule has 29 heavy (non-hydrogen) atoms. The van der Waals surface area contributed by atoms with E-state index in [0.717, 1.165) is 12.8 Å². The number of likely N-dealkylation sites (tertiary alicyclic amines) is 1. The highest BCUT2D eigenvalue weighted by Crippen LogP contribution is 2.65. The monoisotopic (exact) mass is 408 g/mol. The number of ether oxygens (including phenoxy) is 2. The number of hydrogen-bond donors (Lipinski definition) is 1. The van der Waals surface area contributed by atoms with Crippen LogP contribution in [0, 0.1) is 28.6 Å². The molecule has 1 aliphatic carbocycles. The van der Waals surface area contributed by atoms with E-state index in [1.54, 1.807) is 4.90 Å². The molecule has 4 atom stereocenters. The molecule has 0 aromatic heterocycles. The highest BCUT2D eigenvalue weighted by atomic mass is 16.5. The van der Waals surface area contributed by atoms with Gasteiger partial charge in [-0.15, -0.1) is 0 Å². The van der Waals surface area contributed by atoms with E-state index in [0.29, 0.717) is 38.0 Å². The summed E-state index contributed by atoms with van der Waals surface area (Å²) in [5.74, 6) is 0.0624. The van der Waals surface area contributed by atoms with Gasteiger partial charge in [-0.2, -0.15) is 0 Å². The smallest absolute Gasteiger partial charge is 0.328 e. The molecule has 0 aromatic carbocycles. The van der Waals surface area contributed by atoms with Crippen LogP contribution in [-0.4, -0.2) is 61.6 Å². The Kier molecular flexibility index (Phi) is 6.01. The number of piperidine rings is 1. The van der Waals surface area contributed by atoms with E-state index in [1.165, 1.54) is 7.11 Å². The lowest BCUT2D eigenvalue weighted by molar-refractivity contribution is -0.155. The molecule has 0 bridgehead atoms. The summed E-state index contributed by atoms with van der Waals surface area (Å²) in [6, 6.07) is -1.24. The normalized spacial score (nSPS) is 29.7. The fraction of sp³-hybridized carbons (Fsp3) is 0.864. The summed E-state index contributed by atoms with van der Waals surface area (Å²) in [7, 11) is 1.37. The first-order valence-corrected chi connectivity index (χ1v) is 10.7. The predicted molar refractivity (Wildman–Crippen MR) is 108 cm³/mol. The van der Waals surface area contributed by atoms with Gasteiger partial charge in [0.25, 0.3) is 0 Å². The molecule has 2 amide bonds. The highest BCUT2D eigenvalue weighted by Gasteiger charge is 2.70. The summed E-state index contributed by atoms with van der Waals surface area (Å²) in [6.45, 7) is 12.0. The molecular weight excluding hydrogens is 372 g/mol. The van der Waals surface area contributed by atoms with Crippen LogP contribution in [0.15, 0.2) is 0 Å². The average Bonchev–Trinajstić information content (AvgIpc) is 3.00. The van der Waals surface area contributed by atoms with Gasteiger partial charge in [0.1, 0.15) is 12.1 Å². The second kappa shape index (κ2) is 7.89. The zero-order chi connectivity index (χ0) is 21.6. The van der Waals surface area contributed by atoms with Gasteiger partial charge in [-0.3, -0.25) is 9.59 Å². The topological polar surface area (TPSA) is 84.9 Å². The molecule has 3 fully saturated rings. The van der Waals surface area contributed by atoms with Gasteiger partial charge in [0, 0.05) is 32.1 Å². The van der Waals surface area contributed by atoms with E-state index >= 15 is 0 Å². The molecule has 0 aromatic rings. The van der Waals surface area contributed by atoms with Crippen LogP contribution in [0.25, 0.3) is 0 Å². The summed E-state index contributed by atoms with van der Waals surface area (Å²) in [4.78, 5) is 40.4. The SMILES string of the molecule is COC(=O)[C@@H]1[C@@H]2[C@H](CN1C(=O)[C@@H](NC(=O)CC1CCOCC1)C(C)(C)C)C2(C)C. The van der Waals surface area contributed by atoms with Crippen molar-refractivity contribution in [1.82, 2.24) is 10.2 Å². The maximum absolute atomic E-state index is 13.5. The van der Waals surface area contributed by atoms with Crippen molar-refractivity contribution in [3.05, 3.63) is 0 Å². The van der Waals surface area contributed by atoms with E-state index in [-0.39, 0.29) is 29.1 Å². The van der Waals surface area contributed by atoms with Crippen LogP contribution >= 0.6 is 0 Å². The Morgan fingerprint density at radius 1 is 1.21 bits per heavy atom. The standard InChI is InChI=1S/C22H36N2O5/c1-21(2,3)18(23-15(25)11-13-7-9-29-10-8-13)19(26)24-12-14-16(22(14,4)5)17(24)20(27)28-6/h13-14,16-18H,7-12H2,1-6H3,(H,23,25)/t14-,16-,17-,18+/m0/s1. The fourth-order valence-electron chi connectivity index (χ4n) is 5.15. The number of carbonyl (C=O) groups excluding carboxylic acids is 3. The van der Waals surface area contributed by atoms with Crippen LogP contribution < -0.4 is 5.32 Å². The van der Waals surface area contributed by atoms with Crippen molar-refractivity contribution < 1.29 is 23.9 Å². The molecule has 2 heterocycles. The third-order valence-electron chi connectivity index (χ3n) is 7.17. The molecule has 1 saturated carbocycles. The van der Waals surface area contributed by atoms with E-state index in [4.69, 9.17) is 9.47 Å². The number of methoxy groups -OCH3 is 1. The summed E-state index contributed by atoms with van der Waals surface area (Å²) in [5.41, 5.74) is -0.426. The molecule has 3 rings (SSSR count). The molecule has 1 N–H and O–H groups in total. The van der Waals surface area contributed by atoms with Gasteiger partial charge in [-0.25, -0.2) is 4.79 Å². The number of carbonyl (C=O) groups is 3. The highest BCUT2D eigenvalue weighted by molar-refractivity contribution is 5.92. The minimum absolute atomic E-state index is 0.0408. The van der Waals surface area contributed by atoms with Gasteiger partial charge >= 0.3 is 5.97 Å². The number of amides is 2. The van der Waals surface area contributed by atoms with E-state index in [2.05, 4.69) is 19.2 Å². The average molecular weight is 409 g/mol. The van der Waals surface area contributed by atoms with Gasteiger partial charge in [0.2, 0.25) is 11.8 Å². The molecule has 2 saturated heterocycles. The van der Waals surface area contributed by atoms with Crippen molar-refractivity contribution >= 4 is 17.8 Å². The zero-order valence-corrected chi connectivity index (χ0v) is 18.6. The van der Waals surface area contributed by atoms with Gasteiger partial charge < -0.3 is 19.7 Å². The Labute approximate surface area is 173 Å². The minimum Gasteiger partial charge on any atom is -0.467 e. The van der Waals surface area contributed by atoms with Crippen LogP contribution in [-0.2, 0) is 23.9 Å². The lowest BCUT2D eigenvalue weighted by Gasteiger charge is -2.37. The van der Waals surface area contributed by atoms with Crippen molar-refractivity contribution in [2.24, 2.45) is 28.6 Å². The summed E-state index contributed by atoms with van der Waals surface area (Å²) < 4.78 is 10.4. The van der Waals surface area contributed by atoms with E-state index < -0.39 is 17.5 Å². The van der Waals surface area contributed by atoms with Crippen LogP contribution in [0.4, 0.5) is 0 Å². The molecule has 0 radical (unpaired) electrons. The number of nitrogens with zero attached hydrogens (tertiary/aromatic N) is 1. The molecule has 7 heteroatoms. The second-order valence-electron chi connectivity index (χ2n) is 10.5. The second-order valence-corrected chi connectivity index (χ2v) is 10.5. The summed E-state index contributed by atoms with van der Waals surface area (Å²) in [6.07, 6.45) is 2.15. The Morgan fingerprint density at radius 2 is 1.83 bits per heavy atom. The molecule has 0 unspecified atom stereocenters. The van der Waals surface area contributed by atoms with Gasteiger partial charge in [-0.1, -0.05) is 34.6 Å². The van der Waals surface area contributed by atoms with Crippen molar-refractivity contribution in [2.75, 3.05) is 26.9 Å². The Balaban J connectivity index is 1.72. The third kappa shape index (κ3) is 4.30. The van der Waals surface area contributed by atoms with Gasteiger partial charge in [0.15, 0.2) is 0 Å². The van der Waals surface area contributed by atoms with Crippen molar-refractivity contribution in [2.45, 2.75) is 66.0 Å². The van der Waals surface area contributed by atoms with Crippen molar-refractivity contribution in [3.63, 3.8) is 0 Å². The largest absolute Gasteiger partial charge is 0.467 e. The van der Waals surface area contributed by atoms with Crippen LogP contribution in [0.5, 0.6) is 0 Å².